The first-order valence-electron chi connectivity index (χ1n) is 8.67. The summed E-state index contributed by atoms with van der Waals surface area (Å²) in [5.41, 5.74) is 0.953. The quantitative estimate of drug-likeness (QED) is 0.856. The van der Waals surface area contributed by atoms with Crippen molar-refractivity contribution < 1.29 is 14.1 Å². The third-order valence-corrected chi connectivity index (χ3v) is 4.26. The van der Waals surface area contributed by atoms with E-state index in [-0.39, 0.29) is 6.03 Å². The van der Waals surface area contributed by atoms with Crippen molar-refractivity contribution in [3.05, 3.63) is 35.6 Å². The van der Waals surface area contributed by atoms with Crippen LogP contribution in [0.5, 0.6) is 5.88 Å². The molecule has 3 rings (SSSR count). The maximum absolute atomic E-state index is 12.5. The fourth-order valence-electron chi connectivity index (χ4n) is 2.90. The van der Waals surface area contributed by atoms with E-state index in [1.807, 2.05) is 17.0 Å². The van der Waals surface area contributed by atoms with Gasteiger partial charge in [-0.3, -0.25) is 4.90 Å². The number of carbonyl (C=O) groups excluding carboxylic acids is 1. The highest BCUT2D eigenvalue weighted by molar-refractivity contribution is 5.74. The Balaban J connectivity index is 1.47. The molecule has 9 nitrogen and oxygen atoms in total. The molecule has 1 fully saturated rings. The normalized spacial score (nSPS) is 15.5. The lowest BCUT2D eigenvalue weighted by Crippen LogP contribution is -2.41. The highest BCUT2D eigenvalue weighted by Crippen LogP contribution is 2.10. The molecule has 0 radical (unpaired) electrons. The highest BCUT2D eigenvalue weighted by atomic mass is 16.5. The summed E-state index contributed by atoms with van der Waals surface area (Å²) < 4.78 is 10.1. The van der Waals surface area contributed by atoms with E-state index in [0.29, 0.717) is 37.2 Å². The van der Waals surface area contributed by atoms with Gasteiger partial charge >= 0.3 is 6.03 Å². The zero-order valence-corrected chi connectivity index (χ0v) is 15.1. The van der Waals surface area contributed by atoms with Crippen LogP contribution < -0.4 is 10.1 Å². The van der Waals surface area contributed by atoms with Crippen molar-refractivity contribution >= 4 is 6.03 Å². The summed E-state index contributed by atoms with van der Waals surface area (Å²) in [5.74, 6) is 1.80. The van der Waals surface area contributed by atoms with E-state index in [4.69, 9.17) is 9.26 Å². The number of nitrogens with one attached hydrogen (secondary N) is 1. The molecule has 0 aliphatic carbocycles. The van der Waals surface area contributed by atoms with Crippen molar-refractivity contribution in [1.82, 2.24) is 30.2 Å². The molecule has 2 aromatic rings. The zero-order valence-electron chi connectivity index (χ0n) is 15.1. The van der Waals surface area contributed by atoms with Gasteiger partial charge in [0.15, 0.2) is 5.82 Å². The second kappa shape index (κ2) is 8.61. The number of aromatic nitrogens is 3. The van der Waals surface area contributed by atoms with Gasteiger partial charge < -0.3 is 19.5 Å². The number of urea groups is 1. The van der Waals surface area contributed by atoms with Crippen LogP contribution in [0.2, 0.25) is 0 Å². The van der Waals surface area contributed by atoms with Gasteiger partial charge in [0.05, 0.1) is 13.7 Å². The zero-order chi connectivity index (χ0) is 18.4. The molecule has 0 atom stereocenters. The van der Waals surface area contributed by atoms with Crippen LogP contribution in [0, 0.1) is 6.92 Å². The van der Waals surface area contributed by atoms with Crippen molar-refractivity contribution in [2.24, 2.45) is 0 Å². The van der Waals surface area contributed by atoms with Crippen molar-refractivity contribution in [3.63, 3.8) is 0 Å². The predicted octanol–water partition coefficient (Wildman–Crippen LogP) is 1.20. The molecular formula is C17H24N6O3. The topological polar surface area (TPSA) is 96.6 Å². The van der Waals surface area contributed by atoms with E-state index >= 15 is 0 Å². The van der Waals surface area contributed by atoms with E-state index in [1.165, 1.54) is 0 Å². The summed E-state index contributed by atoms with van der Waals surface area (Å²) in [4.78, 5) is 24.8. The number of nitrogens with zero attached hydrogens (tertiary/aromatic N) is 5. The molecule has 1 N–H and O–H groups in total. The Kier molecular flexibility index (Phi) is 6.00. The van der Waals surface area contributed by atoms with E-state index < -0.39 is 0 Å². The summed E-state index contributed by atoms with van der Waals surface area (Å²) >= 11 is 0. The molecule has 2 aromatic heterocycles. The minimum atomic E-state index is -0.0574. The number of carbonyl (C=O) groups is 1. The maximum atomic E-state index is 12.5. The van der Waals surface area contributed by atoms with Gasteiger partial charge in [0.25, 0.3) is 0 Å². The fraction of sp³-hybridized carbons (Fsp3) is 0.529. The van der Waals surface area contributed by atoms with E-state index in [1.54, 1.807) is 20.2 Å². The molecule has 0 saturated carbocycles. The second-order valence-electron chi connectivity index (χ2n) is 6.21. The Morgan fingerprint density at radius 3 is 3.00 bits per heavy atom. The third-order valence-electron chi connectivity index (χ3n) is 4.26. The Bertz CT molecular complexity index is 735. The number of rotatable bonds is 5. The Morgan fingerprint density at radius 2 is 2.23 bits per heavy atom. The smallest absolute Gasteiger partial charge is 0.317 e. The van der Waals surface area contributed by atoms with E-state index in [0.717, 1.165) is 31.6 Å². The van der Waals surface area contributed by atoms with Crippen LogP contribution >= 0.6 is 0 Å². The number of amides is 2. The van der Waals surface area contributed by atoms with Crippen LogP contribution in [0.25, 0.3) is 0 Å². The van der Waals surface area contributed by atoms with Gasteiger partial charge in [-0.1, -0.05) is 5.16 Å². The summed E-state index contributed by atoms with van der Waals surface area (Å²) in [5, 5.41) is 6.90. The molecule has 0 spiro atoms. The molecule has 0 aromatic carbocycles. The van der Waals surface area contributed by atoms with Crippen LogP contribution in [0.3, 0.4) is 0 Å². The third kappa shape index (κ3) is 4.92. The average molecular weight is 360 g/mol. The molecule has 140 valence electrons. The first kappa shape index (κ1) is 18.1. The van der Waals surface area contributed by atoms with Gasteiger partial charge in [-0.05, 0) is 18.1 Å². The van der Waals surface area contributed by atoms with Crippen LogP contribution in [-0.4, -0.2) is 64.2 Å². The maximum Gasteiger partial charge on any atom is 0.317 e. The molecule has 1 saturated heterocycles. The second-order valence-corrected chi connectivity index (χ2v) is 6.21. The Morgan fingerprint density at radius 1 is 1.35 bits per heavy atom. The number of hydrogen-bond donors (Lipinski definition) is 1. The van der Waals surface area contributed by atoms with Gasteiger partial charge in [-0.2, -0.15) is 4.98 Å². The molecular weight excluding hydrogens is 336 g/mol. The molecule has 3 heterocycles. The minimum absolute atomic E-state index is 0.0574. The fourth-order valence-corrected chi connectivity index (χ4v) is 2.90. The molecule has 0 bridgehead atoms. The van der Waals surface area contributed by atoms with E-state index in [2.05, 4.69) is 25.3 Å². The van der Waals surface area contributed by atoms with Gasteiger partial charge in [-0.15, -0.1) is 0 Å². The van der Waals surface area contributed by atoms with Crippen LogP contribution in [0.4, 0.5) is 4.79 Å². The number of methoxy groups -OCH3 is 1. The summed E-state index contributed by atoms with van der Waals surface area (Å²) in [6.45, 7) is 5.95. The van der Waals surface area contributed by atoms with Crippen LogP contribution in [-0.2, 0) is 13.1 Å². The summed E-state index contributed by atoms with van der Waals surface area (Å²) in [6, 6.07) is 3.62. The van der Waals surface area contributed by atoms with Crippen molar-refractivity contribution in [1.29, 1.82) is 0 Å². The van der Waals surface area contributed by atoms with Gasteiger partial charge in [0.2, 0.25) is 11.8 Å². The lowest BCUT2D eigenvalue weighted by molar-refractivity contribution is 0.196. The minimum Gasteiger partial charge on any atom is -0.481 e. The highest BCUT2D eigenvalue weighted by Gasteiger charge is 2.20. The number of hydrogen-bond acceptors (Lipinski definition) is 7. The molecule has 1 aliphatic heterocycles. The van der Waals surface area contributed by atoms with Gasteiger partial charge in [-0.25, -0.2) is 9.78 Å². The molecule has 9 heteroatoms. The van der Waals surface area contributed by atoms with Gasteiger partial charge in [0, 0.05) is 51.9 Å². The van der Waals surface area contributed by atoms with Crippen molar-refractivity contribution in [2.75, 3.05) is 33.3 Å². The molecule has 26 heavy (non-hydrogen) atoms. The Hall–Kier alpha value is -2.68. The Labute approximate surface area is 152 Å². The molecule has 2 amide bonds. The number of ether oxygens (including phenoxy) is 1. The average Bonchev–Trinajstić information content (AvgIpc) is 2.92. The lowest BCUT2D eigenvalue weighted by Gasteiger charge is -2.21. The number of aryl methyl sites for hydroxylation is 1. The monoisotopic (exact) mass is 360 g/mol. The molecule has 1 aliphatic rings. The van der Waals surface area contributed by atoms with Crippen molar-refractivity contribution in [3.8, 4) is 5.88 Å². The molecule has 0 unspecified atom stereocenters. The summed E-state index contributed by atoms with van der Waals surface area (Å²) in [7, 11) is 1.57. The summed E-state index contributed by atoms with van der Waals surface area (Å²) in [6.07, 6.45) is 2.58. The standard InChI is InChI=1S/C17H24N6O3/c1-13-20-15(21-26-13)12-22-6-3-7-23(9-8-22)17(24)19-11-14-4-5-18-16(10-14)25-2/h4-5,10H,3,6-9,11-12H2,1-2H3,(H,19,24). The first-order chi connectivity index (χ1) is 12.6. The van der Waals surface area contributed by atoms with Crippen LogP contribution in [0.1, 0.15) is 23.7 Å². The first-order valence-corrected chi connectivity index (χ1v) is 8.67. The number of pyridine rings is 1. The van der Waals surface area contributed by atoms with Gasteiger partial charge in [0.1, 0.15) is 0 Å². The SMILES string of the molecule is COc1cc(CNC(=O)N2CCCN(Cc3noc(C)n3)CC2)ccn1. The lowest BCUT2D eigenvalue weighted by atomic mass is 10.2. The van der Waals surface area contributed by atoms with Crippen molar-refractivity contribution in [2.45, 2.75) is 26.4 Å². The van der Waals surface area contributed by atoms with E-state index in [9.17, 15) is 4.79 Å². The predicted molar refractivity (Wildman–Crippen MR) is 93.5 cm³/mol. The largest absolute Gasteiger partial charge is 0.481 e. The van der Waals surface area contributed by atoms with Crippen LogP contribution in [0.15, 0.2) is 22.9 Å².